The highest BCUT2D eigenvalue weighted by Gasteiger charge is 2.16. The number of benzene rings is 3. The topological polar surface area (TPSA) is 120 Å². The normalized spacial score (nSPS) is 11.4. The summed E-state index contributed by atoms with van der Waals surface area (Å²) in [5.41, 5.74) is 1.77. The predicted molar refractivity (Wildman–Crippen MR) is 150 cm³/mol. The van der Waals surface area contributed by atoms with E-state index in [-0.39, 0.29) is 17.3 Å². The van der Waals surface area contributed by atoms with Gasteiger partial charge in [-0.2, -0.15) is 0 Å². The lowest BCUT2D eigenvalue weighted by Crippen LogP contribution is -2.13. The van der Waals surface area contributed by atoms with E-state index in [2.05, 4.69) is 15.2 Å². The van der Waals surface area contributed by atoms with Crippen molar-refractivity contribution in [1.82, 2.24) is 5.16 Å². The van der Waals surface area contributed by atoms with Crippen LogP contribution in [0.1, 0.15) is 16.9 Å². The second-order valence-electron chi connectivity index (χ2n) is 8.17. The van der Waals surface area contributed by atoms with Gasteiger partial charge in [0.1, 0.15) is 12.4 Å². The van der Waals surface area contributed by atoms with Gasteiger partial charge in [-0.15, -0.1) is 0 Å². The van der Waals surface area contributed by atoms with Gasteiger partial charge >= 0.3 is 0 Å². The Hall–Kier alpha value is -3.99. The molecule has 1 amide bonds. The van der Waals surface area contributed by atoms with Crippen LogP contribution in [-0.4, -0.2) is 26.6 Å². The first-order chi connectivity index (χ1) is 18.6. The first-order valence-corrected chi connectivity index (χ1v) is 13.7. The van der Waals surface area contributed by atoms with Gasteiger partial charge < -0.3 is 19.3 Å². The summed E-state index contributed by atoms with van der Waals surface area (Å²) in [5, 5.41) is 7.30. The van der Waals surface area contributed by atoms with Crippen molar-refractivity contribution in [2.75, 3.05) is 17.1 Å². The summed E-state index contributed by atoms with van der Waals surface area (Å²) in [6.45, 7) is 1.81. The summed E-state index contributed by atoms with van der Waals surface area (Å²) in [6.07, 6.45) is 2.95. The quantitative estimate of drug-likeness (QED) is 0.208. The highest BCUT2D eigenvalue weighted by atomic mass is 35.5. The maximum atomic E-state index is 12.5. The number of rotatable bonds is 10. The first-order valence-electron chi connectivity index (χ1n) is 11.4. The van der Waals surface area contributed by atoms with Crippen LogP contribution in [0.4, 0.5) is 11.5 Å². The zero-order valence-corrected chi connectivity index (χ0v) is 23.1. The largest absolute Gasteiger partial charge is 0.493 e. The molecule has 0 aliphatic heterocycles. The molecule has 3 aromatic carbocycles. The highest BCUT2D eigenvalue weighted by molar-refractivity contribution is 7.92. The van der Waals surface area contributed by atoms with E-state index in [4.69, 9.17) is 37.2 Å². The highest BCUT2D eigenvalue weighted by Crippen LogP contribution is 2.31. The van der Waals surface area contributed by atoms with E-state index in [1.807, 2.05) is 0 Å². The number of halogens is 2. The molecule has 1 heterocycles. The first kappa shape index (κ1) is 28.0. The van der Waals surface area contributed by atoms with E-state index < -0.39 is 15.9 Å². The number of sulfonamides is 1. The van der Waals surface area contributed by atoms with Gasteiger partial charge in [0.2, 0.25) is 5.91 Å². The molecule has 0 unspecified atom stereocenters. The van der Waals surface area contributed by atoms with Gasteiger partial charge in [-0.25, -0.2) is 8.42 Å². The lowest BCUT2D eigenvalue weighted by Gasteiger charge is -2.13. The number of aromatic nitrogens is 1. The molecule has 0 spiro atoms. The van der Waals surface area contributed by atoms with Crippen LogP contribution in [-0.2, 0) is 21.4 Å². The zero-order chi connectivity index (χ0) is 28.0. The molecule has 9 nitrogen and oxygen atoms in total. The molecule has 202 valence electrons. The Kier molecular flexibility index (Phi) is 8.80. The van der Waals surface area contributed by atoms with Gasteiger partial charge in [0.25, 0.3) is 10.0 Å². The smallest absolute Gasteiger partial charge is 0.263 e. The van der Waals surface area contributed by atoms with Crippen LogP contribution >= 0.6 is 23.2 Å². The van der Waals surface area contributed by atoms with E-state index in [1.54, 1.807) is 49.4 Å². The number of hydrogen-bond acceptors (Lipinski definition) is 7. The van der Waals surface area contributed by atoms with E-state index in [9.17, 15) is 13.2 Å². The third-order valence-corrected chi connectivity index (χ3v) is 7.43. The maximum absolute atomic E-state index is 12.5. The molecule has 0 aliphatic carbocycles. The molecule has 4 aromatic rings. The minimum Gasteiger partial charge on any atom is -0.493 e. The second-order valence-corrected chi connectivity index (χ2v) is 10.7. The minimum absolute atomic E-state index is 0.00269. The molecule has 0 radical (unpaired) electrons. The van der Waals surface area contributed by atoms with Crippen molar-refractivity contribution in [1.29, 1.82) is 0 Å². The molecule has 4 rings (SSSR count). The summed E-state index contributed by atoms with van der Waals surface area (Å²) in [4.78, 5) is 12.4. The number of aryl methyl sites for hydroxylation is 1. The molecule has 0 saturated carbocycles. The Balaban J connectivity index is 1.36. The zero-order valence-electron chi connectivity index (χ0n) is 20.8. The number of anilines is 2. The molecule has 0 saturated heterocycles. The molecule has 0 fully saturated rings. The fourth-order valence-electron chi connectivity index (χ4n) is 3.41. The van der Waals surface area contributed by atoms with Crippen LogP contribution in [0, 0.1) is 6.92 Å². The molecular weight excluding hydrogens is 565 g/mol. The van der Waals surface area contributed by atoms with E-state index >= 15 is 0 Å². The second kappa shape index (κ2) is 12.2. The van der Waals surface area contributed by atoms with Crippen LogP contribution in [0.25, 0.3) is 6.08 Å². The number of amides is 1. The fourth-order valence-corrected chi connectivity index (χ4v) is 4.90. The van der Waals surface area contributed by atoms with Crippen molar-refractivity contribution in [3.63, 3.8) is 0 Å². The average molecular weight is 588 g/mol. The van der Waals surface area contributed by atoms with Crippen LogP contribution in [0.15, 0.2) is 82.2 Å². The monoisotopic (exact) mass is 587 g/mol. The fraction of sp³-hybridized carbons (Fsp3) is 0.111. The van der Waals surface area contributed by atoms with E-state index in [0.29, 0.717) is 44.1 Å². The van der Waals surface area contributed by atoms with E-state index in [1.165, 1.54) is 43.5 Å². The molecule has 0 bridgehead atoms. The van der Waals surface area contributed by atoms with Gasteiger partial charge in [0.15, 0.2) is 17.3 Å². The van der Waals surface area contributed by atoms with Crippen molar-refractivity contribution in [2.24, 2.45) is 0 Å². The molecule has 0 aliphatic rings. The molecule has 1 aromatic heterocycles. The SMILES string of the molecule is COc1cc(/C=C/C(=O)Nc2ccc(S(=O)(=O)Nc3cc(C)on3)cc2)ccc1OCc1c(Cl)cccc1Cl. The summed E-state index contributed by atoms with van der Waals surface area (Å²) in [7, 11) is -2.35. The standard InChI is InChI=1S/C27H23Cl2N3O6S/c1-17-14-26(31-38-17)32-39(34,35)20-10-8-19(9-11-20)30-27(33)13-7-18-6-12-24(25(15-18)36-2)37-16-21-22(28)4-3-5-23(21)29/h3-15H,16H2,1-2H3,(H,30,33)(H,31,32)/b13-7+. The molecule has 0 atom stereocenters. The van der Waals surface area contributed by atoms with Gasteiger partial charge in [-0.3, -0.25) is 9.52 Å². The number of nitrogens with zero attached hydrogens (tertiary/aromatic N) is 1. The molecule has 39 heavy (non-hydrogen) atoms. The van der Waals surface area contributed by atoms with Gasteiger partial charge in [-0.05, 0) is 67.1 Å². The third kappa shape index (κ3) is 7.32. The van der Waals surface area contributed by atoms with Crippen molar-refractivity contribution in [3.05, 3.63) is 99.7 Å². The van der Waals surface area contributed by atoms with Crippen molar-refractivity contribution in [2.45, 2.75) is 18.4 Å². The lowest BCUT2D eigenvalue weighted by atomic mass is 10.2. The van der Waals surface area contributed by atoms with Gasteiger partial charge in [0.05, 0.1) is 12.0 Å². The van der Waals surface area contributed by atoms with Crippen LogP contribution in [0.3, 0.4) is 0 Å². The number of methoxy groups -OCH3 is 1. The van der Waals surface area contributed by atoms with Crippen LogP contribution in [0.2, 0.25) is 10.0 Å². The van der Waals surface area contributed by atoms with Crippen LogP contribution < -0.4 is 19.5 Å². The summed E-state index contributed by atoms with van der Waals surface area (Å²) in [5.74, 6) is 1.09. The number of nitrogens with one attached hydrogen (secondary N) is 2. The van der Waals surface area contributed by atoms with Crippen LogP contribution in [0.5, 0.6) is 11.5 Å². The van der Waals surface area contributed by atoms with Gasteiger partial charge in [0, 0.05) is 33.4 Å². The van der Waals surface area contributed by atoms with Crippen molar-refractivity contribution >= 4 is 56.7 Å². The Morgan fingerprint density at radius 2 is 1.74 bits per heavy atom. The molecule has 12 heteroatoms. The Morgan fingerprint density at radius 3 is 2.38 bits per heavy atom. The Bertz CT molecular complexity index is 1600. The van der Waals surface area contributed by atoms with Gasteiger partial charge in [-0.1, -0.05) is 40.5 Å². The maximum Gasteiger partial charge on any atom is 0.263 e. The Morgan fingerprint density at radius 1 is 1.03 bits per heavy atom. The number of carbonyl (C=O) groups excluding carboxylic acids is 1. The number of carbonyl (C=O) groups is 1. The summed E-state index contributed by atoms with van der Waals surface area (Å²) >= 11 is 12.4. The number of hydrogen-bond donors (Lipinski definition) is 2. The third-order valence-electron chi connectivity index (χ3n) is 5.35. The van der Waals surface area contributed by atoms with Crippen molar-refractivity contribution in [3.8, 4) is 11.5 Å². The molecular formula is C27H23Cl2N3O6S. The average Bonchev–Trinajstić information content (AvgIpc) is 3.31. The Labute approximate surface area is 235 Å². The molecule has 2 N–H and O–H groups in total. The van der Waals surface area contributed by atoms with E-state index in [0.717, 1.165) is 0 Å². The lowest BCUT2D eigenvalue weighted by molar-refractivity contribution is -0.111. The van der Waals surface area contributed by atoms with Crippen molar-refractivity contribution < 1.29 is 27.2 Å². The summed E-state index contributed by atoms with van der Waals surface area (Å²) < 4.78 is 43.5. The predicted octanol–water partition coefficient (Wildman–Crippen LogP) is 6.33. The summed E-state index contributed by atoms with van der Waals surface area (Å²) in [6, 6.07) is 17.6. The minimum atomic E-state index is -3.86. The number of ether oxygens (including phenoxy) is 2.